The Kier molecular flexibility index (Phi) is 5.19. The average Bonchev–Trinajstić information content (AvgIpc) is 3.05. The van der Waals surface area contributed by atoms with Crippen LogP contribution >= 0.6 is 0 Å². The molecule has 27 heavy (non-hydrogen) atoms. The van der Waals surface area contributed by atoms with Gasteiger partial charge in [0.05, 0.1) is 0 Å². The lowest BCUT2D eigenvalue weighted by atomic mass is 9.86. The van der Waals surface area contributed by atoms with Crippen LogP contribution in [0.15, 0.2) is 30.3 Å². The van der Waals surface area contributed by atoms with E-state index in [9.17, 15) is 9.59 Å². The fraction of sp³-hybridized carbons (Fsp3) is 0.545. The highest BCUT2D eigenvalue weighted by atomic mass is 16.2. The molecule has 2 aliphatic rings. The third kappa shape index (κ3) is 3.73. The van der Waals surface area contributed by atoms with E-state index in [1.54, 1.807) is 0 Å². The first kappa shape index (κ1) is 18.1. The zero-order valence-corrected chi connectivity index (χ0v) is 16.2. The van der Waals surface area contributed by atoms with Crippen LogP contribution in [0.3, 0.4) is 0 Å². The summed E-state index contributed by atoms with van der Waals surface area (Å²) < 4.78 is 1.97. The third-order valence-electron chi connectivity index (χ3n) is 6.28. The third-order valence-corrected chi connectivity index (χ3v) is 6.28. The van der Waals surface area contributed by atoms with Crippen LogP contribution in [0.5, 0.6) is 0 Å². The number of rotatable bonds is 3. The molecule has 0 unspecified atom stereocenters. The molecule has 2 amide bonds. The molecule has 5 nitrogen and oxygen atoms in total. The Morgan fingerprint density at radius 2 is 1.63 bits per heavy atom. The van der Waals surface area contributed by atoms with Crippen LogP contribution in [-0.2, 0) is 11.8 Å². The van der Waals surface area contributed by atoms with Gasteiger partial charge in [0.25, 0.3) is 5.91 Å². The van der Waals surface area contributed by atoms with Gasteiger partial charge in [0.15, 0.2) is 0 Å². The molecule has 1 aromatic heterocycles. The van der Waals surface area contributed by atoms with E-state index in [0.717, 1.165) is 16.6 Å². The zero-order chi connectivity index (χ0) is 18.8. The van der Waals surface area contributed by atoms with Crippen molar-refractivity contribution in [1.29, 1.82) is 0 Å². The van der Waals surface area contributed by atoms with Crippen LogP contribution in [0.2, 0.25) is 0 Å². The summed E-state index contributed by atoms with van der Waals surface area (Å²) >= 11 is 0. The van der Waals surface area contributed by atoms with Crippen LogP contribution in [-0.4, -0.2) is 52.4 Å². The largest absolute Gasteiger partial charge is 0.340 e. The molecule has 5 heteroatoms. The number of aromatic nitrogens is 1. The van der Waals surface area contributed by atoms with Gasteiger partial charge in [-0.1, -0.05) is 37.5 Å². The first-order chi connectivity index (χ1) is 13.1. The van der Waals surface area contributed by atoms with E-state index in [4.69, 9.17) is 0 Å². The summed E-state index contributed by atoms with van der Waals surface area (Å²) in [5.41, 5.74) is 1.79. The second-order valence-electron chi connectivity index (χ2n) is 8.03. The Bertz CT molecular complexity index is 827. The highest BCUT2D eigenvalue weighted by molar-refractivity contribution is 5.98. The highest BCUT2D eigenvalue weighted by Crippen LogP contribution is 2.27. The minimum absolute atomic E-state index is 0.0630. The second-order valence-corrected chi connectivity index (χ2v) is 8.03. The summed E-state index contributed by atoms with van der Waals surface area (Å²) in [7, 11) is 1.94. The predicted molar refractivity (Wildman–Crippen MR) is 107 cm³/mol. The van der Waals surface area contributed by atoms with Gasteiger partial charge in [-0.2, -0.15) is 0 Å². The number of piperazine rings is 1. The number of hydrogen-bond acceptors (Lipinski definition) is 2. The first-order valence-electron chi connectivity index (χ1n) is 10.2. The van der Waals surface area contributed by atoms with Gasteiger partial charge in [0, 0.05) is 50.6 Å². The average molecular weight is 367 g/mol. The summed E-state index contributed by atoms with van der Waals surface area (Å²) in [5.74, 6) is 0.911. The van der Waals surface area contributed by atoms with Gasteiger partial charge < -0.3 is 14.4 Å². The minimum Gasteiger partial charge on any atom is -0.340 e. The number of benzene rings is 1. The molecular formula is C22H29N3O2. The molecule has 2 heterocycles. The fourth-order valence-corrected chi connectivity index (χ4v) is 4.58. The molecule has 1 aliphatic carbocycles. The quantitative estimate of drug-likeness (QED) is 0.834. The summed E-state index contributed by atoms with van der Waals surface area (Å²) in [5, 5.41) is 1.09. The van der Waals surface area contributed by atoms with Crippen molar-refractivity contribution in [1.82, 2.24) is 14.4 Å². The maximum absolute atomic E-state index is 13.0. The lowest BCUT2D eigenvalue weighted by Crippen LogP contribution is -2.51. The summed E-state index contributed by atoms with van der Waals surface area (Å²) in [6.07, 6.45) is 6.95. The number of carbonyl (C=O) groups is 2. The Balaban J connectivity index is 1.36. The number of amides is 2. The molecular weight excluding hydrogens is 338 g/mol. The fourth-order valence-electron chi connectivity index (χ4n) is 4.58. The normalized spacial score (nSPS) is 18.9. The van der Waals surface area contributed by atoms with Crippen molar-refractivity contribution in [3.63, 3.8) is 0 Å². The van der Waals surface area contributed by atoms with Crippen molar-refractivity contribution >= 4 is 22.7 Å². The first-order valence-corrected chi connectivity index (χ1v) is 10.2. The molecule has 0 spiro atoms. The molecule has 0 atom stereocenters. The zero-order valence-electron chi connectivity index (χ0n) is 16.2. The van der Waals surface area contributed by atoms with Crippen molar-refractivity contribution in [2.45, 2.75) is 38.5 Å². The molecule has 1 saturated carbocycles. The maximum atomic E-state index is 13.0. The molecule has 1 saturated heterocycles. The van der Waals surface area contributed by atoms with Gasteiger partial charge in [0.1, 0.15) is 5.69 Å². The van der Waals surface area contributed by atoms with Gasteiger partial charge in [-0.15, -0.1) is 0 Å². The number of para-hydroxylation sites is 1. The van der Waals surface area contributed by atoms with E-state index in [-0.39, 0.29) is 11.8 Å². The van der Waals surface area contributed by atoms with E-state index in [1.807, 2.05) is 51.7 Å². The van der Waals surface area contributed by atoms with E-state index < -0.39 is 0 Å². The topological polar surface area (TPSA) is 45.6 Å². The van der Waals surface area contributed by atoms with Crippen LogP contribution in [0.1, 0.15) is 49.0 Å². The number of aryl methyl sites for hydroxylation is 1. The number of carbonyl (C=O) groups excluding carboxylic acids is 2. The Labute approximate surface area is 160 Å². The van der Waals surface area contributed by atoms with Crippen molar-refractivity contribution in [2.24, 2.45) is 13.0 Å². The van der Waals surface area contributed by atoms with Crippen LogP contribution < -0.4 is 0 Å². The molecule has 4 rings (SSSR count). The minimum atomic E-state index is 0.0630. The lowest BCUT2D eigenvalue weighted by molar-refractivity contribution is -0.133. The molecule has 144 valence electrons. The lowest BCUT2D eigenvalue weighted by Gasteiger charge is -2.35. The highest BCUT2D eigenvalue weighted by Gasteiger charge is 2.28. The van der Waals surface area contributed by atoms with Crippen molar-refractivity contribution in [3.05, 3.63) is 36.0 Å². The molecule has 0 radical (unpaired) electrons. The van der Waals surface area contributed by atoms with Crippen LogP contribution in [0.4, 0.5) is 0 Å². The van der Waals surface area contributed by atoms with E-state index in [0.29, 0.717) is 38.5 Å². The van der Waals surface area contributed by atoms with Crippen molar-refractivity contribution in [3.8, 4) is 0 Å². The van der Waals surface area contributed by atoms with Gasteiger partial charge >= 0.3 is 0 Å². The van der Waals surface area contributed by atoms with Crippen molar-refractivity contribution < 1.29 is 9.59 Å². The SMILES string of the molecule is Cn1c(C(=O)N2CCN(C(=O)CC3CCCCC3)CC2)cc2ccccc21. The van der Waals surface area contributed by atoms with E-state index in [2.05, 4.69) is 0 Å². The summed E-state index contributed by atoms with van der Waals surface area (Å²) in [6.45, 7) is 2.55. The summed E-state index contributed by atoms with van der Waals surface area (Å²) in [6, 6.07) is 10.0. The molecule has 0 bridgehead atoms. The summed E-state index contributed by atoms with van der Waals surface area (Å²) in [4.78, 5) is 29.4. The van der Waals surface area contributed by atoms with E-state index in [1.165, 1.54) is 32.1 Å². The maximum Gasteiger partial charge on any atom is 0.270 e. The Hall–Kier alpha value is -2.30. The van der Waals surface area contributed by atoms with Gasteiger partial charge in [-0.05, 0) is 30.9 Å². The molecule has 1 aliphatic heterocycles. The van der Waals surface area contributed by atoms with Gasteiger partial charge in [-0.25, -0.2) is 0 Å². The Morgan fingerprint density at radius 3 is 2.33 bits per heavy atom. The standard InChI is InChI=1S/C22H29N3O2/c1-23-19-10-6-5-9-18(19)16-20(23)22(27)25-13-11-24(12-14-25)21(26)15-17-7-3-2-4-8-17/h5-6,9-10,16-17H,2-4,7-8,11-15H2,1H3. The van der Waals surface area contributed by atoms with Crippen molar-refractivity contribution in [2.75, 3.05) is 26.2 Å². The van der Waals surface area contributed by atoms with Gasteiger partial charge in [0.2, 0.25) is 5.91 Å². The smallest absolute Gasteiger partial charge is 0.270 e. The Morgan fingerprint density at radius 1 is 0.963 bits per heavy atom. The monoisotopic (exact) mass is 367 g/mol. The van der Waals surface area contributed by atoms with Gasteiger partial charge in [-0.3, -0.25) is 9.59 Å². The second kappa shape index (κ2) is 7.75. The molecule has 2 aromatic rings. The number of fused-ring (bicyclic) bond motifs is 1. The van der Waals surface area contributed by atoms with Crippen LogP contribution in [0, 0.1) is 5.92 Å². The molecule has 1 aromatic carbocycles. The number of nitrogens with zero attached hydrogens (tertiary/aromatic N) is 3. The number of hydrogen-bond donors (Lipinski definition) is 0. The van der Waals surface area contributed by atoms with Crippen LogP contribution in [0.25, 0.3) is 10.9 Å². The molecule has 2 fully saturated rings. The molecule has 0 N–H and O–H groups in total. The van der Waals surface area contributed by atoms with E-state index >= 15 is 0 Å². The predicted octanol–water partition coefficient (Wildman–Crippen LogP) is 3.43.